The van der Waals surface area contributed by atoms with Gasteiger partial charge in [-0.2, -0.15) is 0 Å². The first-order chi connectivity index (χ1) is 5.68. The molecule has 0 saturated carbocycles. The van der Waals surface area contributed by atoms with Crippen molar-refractivity contribution in [1.82, 2.24) is 0 Å². The highest BCUT2D eigenvalue weighted by Gasteiger charge is 2.23. The number of hydrogen-bond acceptors (Lipinski definition) is 2. The van der Waals surface area contributed by atoms with E-state index in [1.807, 2.05) is 5.06 Å². The van der Waals surface area contributed by atoms with Crippen LogP contribution in [0.1, 0.15) is 16.7 Å². The van der Waals surface area contributed by atoms with Crippen molar-refractivity contribution in [3.63, 3.8) is 0 Å². The quantitative estimate of drug-likeness (QED) is 0.590. The van der Waals surface area contributed by atoms with Crippen molar-refractivity contribution in [3.8, 4) is 0 Å². The van der Waals surface area contributed by atoms with Crippen LogP contribution in [0.5, 0.6) is 0 Å². The third kappa shape index (κ3) is 1.18. The number of anilines is 1. The molecule has 1 aliphatic heterocycles. The molecular weight excluding hydrogens is 150 g/mol. The summed E-state index contributed by atoms with van der Waals surface area (Å²) in [5.74, 6) is 0. The van der Waals surface area contributed by atoms with Crippen LogP contribution in [0.2, 0.25) is 0 Å². The van der Waals surface area contributed by atoms with E-state index in [1.165, 1.54) is 22.4 Å². The largest absolute Gasteiger partial charge is 0.247 e. The normalized spacial score (nSPS) is 15.1. The number of hydrogen-bond donors (Lipinski definition) is 0. The molecule has 2 heteroatoms. The van der Waals surface area contributed by atoms with Crippen LogP contribution < -0.4 is 5.06 Å². The Bertz CT molecular complexity index is 293. The monoisotopic (exact) mass is 163 g/mol. The van der Waals surface area contributed by atoms with Crippen molar-refractivity contribution < 1.29 is 4.84 Å². The molecule has 0 atom stereocenters. The minimum Gasteiger partial charge on any atom is -0.247 e. The Morgan fingerprint density at radius 2 is 1.67 bits per heavy atom. The van der Waals surface area contributed by atoms with Gasteiger partial charge in [0.2, 0.25) is 0 Å². The lowest BCUT2D eigenvalue weighted by Gasteiger charge is -2.09. The van der Waals surface area contributed by atoms with Gasteiger partial charge in [-0.15, -0.1) is 0 Å². The number of rotatable bonds is 1. The fraction of sp³-hybridized carbons (Fsp3) is 0.400. The summed E-state index contributed by atoms with van der Waals surface area (Å²) in [7, 11) is 0. The Labute approximate surface area is 72.7 Å². The standard InChI is InChI=1S/C10H13NO/c1-7-4-8(2)10(9(3)5-7)11-6-12-11/h4-5H,6H2,1-3H3. The van der Waals surface area contributed by atoms with Gasteiger partial charge in [-0.1, -0.05) is 17.7 Å². The number of aryl methyl sites for hydroxylation is 3. The Morgan fingerprint density at radius 3 is 2.08 bits per heavy atom. The van der Waals surface area contributed by atoms with Gasteiger partial charge in [0.25, 0.3) is 0 Å². The Hall–Kier alpha value is -1.02. The summed E-state index contributed by atoms with van der Waals surface area (Å²) < 4.78 is 0. The molecule has 0 amide bonds. The molecule has 0 aliphatic carbocycles. The predicted octanol–water partition coefficient (Wildman–Crippen LogP) is 2.32. The van der Waals surface area contributed by atoms with Gasteiger partial charge in [0.05, 0.1) is 5.69 Å². The number of benzene rings is 1. The van der Waals surface area contributed by atoms with Gasteiger partial charge < -0.3 is 0 Å². The first kappa shape index (κ1) is 7.62. The topological polar surface area (TPSA) is 15.5 Å². The van der Waals surface area contributed by atoms with E-state index in [4.69, 9.17) is 4.84 Å². The lowest BCUT2D eigenvalue weighted by atomic mass is 10.1. The van der Waals surface area contributed by atoms with Gasteiger partial charge in [-0.3, -0.25) is 0 Å². The minimum atomic E-state index is 0.741. The van der Waals surface area contributed by atoms with Crippen molar-refractivity contribution in [3.05, 3.63) is 28.8 Å². The fourth-order valence-corrected chi connectivity index (χ4v) is 1.72. The second kappa shape index (κ2) is 2.49. The minimum absolute atomic E-state index is 0.741. The highest BCUT2D eigenvalue weighted by atomic mass is 16.8. The lowest BCUT2D eigenvalue weighted by Crippen LogP contribution is -1.97. The molecule has 0 bridgehead atoms. The summed E-state index contributed by atoms with van der Waals surface area (Å²) in [6, 6.07) is 4.37. The van der Waals surface area contributed by atoms with Gasteiger partial charge in [0.15, 0.2) is 6.73 Å². The molecule has 2 rings (SSSR count). The molecule has 2 nitrogen and oxygen atoms in total. The van der Waals surface area contributed by atoms with Crippen LogP contribution in [0, 0.1) is 20.8 Å². The molecule has 1 aliphatic rings. The first-order valence-corrected chi connectivity index (χ1v) is 4.17. The third-order valence-corrected chi connectivity index (χ3v) is 2.14. The van der Waals surface area contributed by atoms with E-state index in [0.29, 0.717) is 0 Å². The molecule has 1 aromatic rings. The van der Waals surface area contributed by atoms with E-state index in [0.717, 1.165) is 6.73 Å². The molecule has 0 unspecified atom stereocenters. The van der Waals surface area contributed by atoms with Gasteiger partial charge in [-0.05, 0) is 31.9 Å². The van der Waals surface area contributed by atoms with Crippen molar-refractivity contribution in [2.24, 2.45) is 0 Å². The molecule has 64 valence electrons. The molecule has 0 N–H and O–H groups in total. The highest BCUT2D eigenvalue weighted by Crippen LogP contribution is 2.30. The van der Waals surface area contributed by atoms with E-state index in [9.17, 15) is 0 Å². The average Bonchev–Trinajstić information content (AvgIpc) is 2.68. The molecule has 0 aromatic heterocycles. The molecule has 0 radical (unpaired) electrons. The Balaban J connectivity index is 2.51. The number of hydroxylamine groups is 1. The van der Waals surface area contributed by atoms with Crippen molar-refractivity contribution >= 4 is 5.69 Å². The maximum absolute atomic E-state index is 5.13. The van der Waals surface area contributed by atoms with Gasteiger partial charge >= 0.3 is 0 Å². The van der Waals surface area contributed by atoms with Crippen molar-refractivity contribution in [2.75, 3.05) is 11.8 Å². The summed E-state index contributed by atoms with van der Waals surface area (Å²) in [5, 5.41) is 1.92. The third-order valence-electron chi connectivity index (χ3n) is 2.14. The van der Waals surface area contributed by atoms with Crippen LogP contribution in [0.15, 0.2) is 12.1 Å². The lowest BCUT2D eigenvalue weighted by molar-refractivity contribution is 0.451. The molecule has 12 heavy (non-hydrogen) atoms. The molecule has 1 aromatic carbocycles. The van der Waals surface area contributed by atoms with Crippen LogP contribution in [0.25, 0.3) is 0 Å². The van der Waals surface area contributed by atoms with Crippen molar-refractivity contribution in [1.29, 1.82) is 0 Å². The Kier molecular flexibility index (Phi) is 1.58. The summed E-state index contributed by atoms with van der Waals surface area (Å²) in [6.45, 7) is 7.10. The zero-order valence-electron chi connectivity index (χ0n) is 7.72. The van der Waals surface area contributed by atoms with Gasteiger partial charge in [0.1, 0.15) is 0 Å². The summed E-state index contributed by atoms with van der Waals surface area (Å²) >= 11 is 0. The predicted molar refractivity (Wildman–Crippen MR) is 49.1 cm³/mol. The zero-order chi connectivity index (χ0) is 8.72. The Morgan fingerprint density at radius 1 is 1.17 bits per heavy atom. The summed E-state index contributed by atoms with van der Waals surface area (Å²) in [6.07, 6.45) is 0. The average molecular weight is 163 g/mol. The highest BCUT2D eigenvalue weighted by molar-refractivity contribution is 5.59. The molecule has 1 saturated heterocycles. The van der Waals surface area contributed by atoms with E-state index in [2.05, 4.69) is 32.9 Å². The van der Waals surface area contributed by atoms with E-state index < -0.39 is 0 Å². The van der Waals surface area contributed by atoms with E-state index in [-0.39, 0.29) is 0 Å². The first-order valence-electron chi connectivity index (χ1n) is 4.17. The van der Waals surface area contributed by atoms with Crippen LogP contribution in [-0.2, 0) is 4.84 Å². The van der Waals surface area contributed by atoms with Crippen LogP contribution in [0.3, 0.4) is 0 Å². The molecule has 0 spiro atoms. The fourth-order valence-electron chi connectivity index (χ4n) is 1.72. The maximum atomic E-state index is 5.13. The number of nitrogens with zero attached hydrogens (tertiary/aromatic N) is 1. The zero-order valence-corrected chi connectivity index (χ0v) is 7.72. The second-order valence-corrected chi connectivity index (χ2v) is 3.38. The summed E-state index contributed by atoms with van der Waals surface area (Å²) in [4.78, 5) is 5.13. The van der Waals surface area contributed by atoms with Crippen molar-refractivity contribution in [2.45, 2.75) is 20.8 Å². The van der Waals surface area contributed by atoms with Crippen LogP contribution >= 0.6 is 0 Å². The van der Waals surface area contributed by atoms with E-state index in [1.54, 1.807) is 0 Å². The van der Waals surface area contributed by atoms with Crippen LogP contribution in [-0.4, -0.2) is 6.73 Å². The van der Waals surface area contributed by atoms with Gasteiger partial charge in [-0.25, -0.2) is 9.90 Å². The molecule has 1 fully saturated rings. The smallest absolute Gasteiger partial charge is 0.171 e. The molecular formula is C10H13NO. The van der Waals surface area contributed by atoms with Crippen LogP contribution in [0.4, 0.5) is 5.69 Å². The maximum Gasteiger partial charge on any atom is 0.171 e. The molecule has 1 heterocycles. The van der Waals surface area contributed by atoms with Gasteiger partial charge in [0, 0.05) is 0 Å². The SMILES string of the molecule is Cc1cc(C)c(N2CO2)c(C)c1. The summed E-state index contributed by atoms with van der Waals surface area (Å²) in [5.41, 5.74) is 5.14. The second-order valence-electron chi connectivity index (χ2n) is 3.38. The van der Waals surface area contributed by atoms with E-state index >= 15 is 0 Å².